The summed E-state index contributed by atoms with van der Waals surface area (Å²) in [6.45, 7) is 3.92. The number of thioether (sulfide) groups is 1. The van der Waals surface area contributed by atoms with Crippen molar-refractivity contribution in [3.05, 3.63) is 75.1 Å². The van der Waals surface area contributed by atoms with Crippen LogP contribution in [-0.2, 0) is 5.75 Å². The summed E-state index contributed by atoms with van der Waals surface area (Å²) in [4.78, 5) is 11.9. The van der Waals surface area contributed by atoms with Crippen LogP contribution in [0.5, 0.6) is 0 Å². The van der Waals surface area contributed by atoms with Gasteiger partial charge < -0.3 is 4.42 Å². The number of fused-ring (bicyclic) bond motifs is 1. The molecule has 0 aliphatic carbocycles. The van der Waals surface area contributed by atoms with E-state index in [1.807, 2.05) is 26.0 Å². The second-order valence-corrected chi connectivity index (χ2v) is 6.40. The summed E-state index contributed by atoms with van der Waals surface area (Å²) >= 11 is 1.15. The standard InChI is InChI=1S/C18H14F2O2S/c1-10-5-14-12(7-18(21)22-16(14)6-11(10)2)9-23-17-8-13(19)3-4-15(17)20/h3-8H,9H2,1-2H3. The van der Waals surface area contributed by atoms with E-state index >= 15 is 0 Å². The minimum Gasteiger partial charge on any atom is -0.423 e. The van der Waals surface area contributed by atoms with Gasteiger partial charge in [-0.15, -0.1) is 11.8 Å². The molecule has 0 atom stereocenters. The third kappa shape index (κ3) is 3.29. The highest BCUT2D eigenvalue weighted by molar-refractivity contribution is 7.98. The average molecular weight is 332 g/mol. The smallest absolute Gasteiger partial charge is 0.336 e. The number of halogens is 2. The molecular formula is C18H14F2O2S. The lowest BCUT2D eigenvalue weighted by molar-refractivity contribution is 0.559. The van der Waals surface area contributed by atoms with E-state index in [2.05, 4.69) is 0 Å². The summed E-state index contributed by atoms with van der Waals surface area (Å²) in [5.74, 6) is -0.612. The largest absolute Gasteiger partial charge is 0.423 e. The summed E-state index contributed by atoms with van der Waals surface area (Å²) in [7, 11) is 0. The van der Waals surface area contributed by atoms with E-state index in [4.69, 9.17) is 4.42 Å². The van der Waals surface area contributed by atoms with E-state index in [9.17, 15) is 13.6 Å². The Morgan fingerprint density at radius 3 is 2.57 bits per heavy atom. The fourth-order valence-corrected chi connectivity index (χ4v) is 3.30. The minimum atomic E-state index is -0.488. The van der Waals surface area contributed by atoms with E-state index in [0.29, 0.717) is 11.3 Å². The second-order valence-electron chi connectivity index (χ2n) is 5.39. The van der Waals surface area contributed by atoms with Crippen molar-refractivity contribution in [2.24, 2.45) is 0 Å². The van der Waals surface area contributed by atoms with Gasteiger partial charge in [-0.3, -0.25) is 0 Å². The summed E-state index contributed by atoms with van der Waals surface area (Å²) in [5.41, 5.74) is 2.91. The summed E-state index contributed by atoms with van der Waals surface area (Å²) in [6, 6.07) is 8.51. The van der Waals surface area contributed by atoms with Gasteiger partial charge in [-0.2, -0.15) is 0 Å². The van der Waals surface area contributed by atoms with Crippen LogP contribution in [-0.4, -0.2) is 0 Å². The molecule has 23 heavy (non-hydrogen) atoms. The third-order valence-corrected chi connectivity index (χ3v) is 4.80. The molecule has 0 aliphatic rings. The zero-order valence-corrected chi connectivity index (χ0v) is 13.5. The van der Waals surface area contributed by atoms with Crippen molar-refractivity contribution in [3.8, 4) is 0 Å². The van der Waals surface area contributed by atoms with Gasteiger partial charge in [-0.25, -0.2) is 13.6 Å². The van der Waals surface area contributed by atoms with E-state index in [0.717, 1.165) is 52.0 Å². The van der Waals surface area contributed by atoms with Gasteiger partial charge in [0, 0.05) is 22.1 Å². The average Bonchev–Trinajstić information content (AvgIpc) is 2.49. The van der Waals surface area contributed by atoms with Gasteiger partial charge in [0.05, 0.1) is 0 Å². The van der Waals surface area contributed by atoms with Crippen LogP contribution in [0.15, 0.2) is 50.5 Å². The van der Waals surface area contributed by atoms with Crippen LogP contribution in [0.2, 0.25) is 0 Å². The molecular weight excluding hydrogens is 318 g/mol. The van der Waals surface area contributed by atoms with Crippen molar-refractivity contribution in [2.75, 3.05) is 0 Å². The number of benzene rings is 2. The zero-order chi connectivity index (χ0) is 16.6. The molecule has 0 spiro atoms. The molecule has 0 amide bonds. The molecule has 3 aromatic rings. The highest BCUT2D eigenvalue weighted by atomic mass is 32.2. The van der Waals surface area contributed by atoms with Gasteiger partial charge in [0.25, 0.3) is 0 Å². The molecule has 1 heterocycles. The van der Waals surface area contributed by atoms with Gasteiger partial charge in [-0.05, 0) is 60.9 Å². The van der Waals surface area contributed by atoms with Crippen molar-refractivity contribution < 1.29 is 13.2 Å². The van der Waals surface area contributed by atoms with E-state index in [1.165, 1.54) is 6.07 Å². The molecule has 0 aliphatic heterocycles. The molecule has 3 rings (SSSR count). The lowest BCUT2D eigenvalue weighted by atomic mass is 10.0. The predicted octanol–water partition coefficient (Wildman–Crippen LogP) is 4.98. The van der Waals surface area contributed by atoms with Crippen molar-refractivity contribution in [1.29, 1.82) is 0 Å². The molecule has 2 aromatic carbocycles. The Morgan fingerprint density at radius 1 is 1.04 bits per heavy atom. The van der Waals surface area contributed by atoms with Crippen LogP contribution < -0.4 is 5.63 Å². The Kier molecular flexibility index (Phi) is 4.22. The highest BCUT2D eigenvalue weighted by Gasteiger charge is 2.10. The van der Waals surface area contributed by atoms with Crippen LogP contribution in [0.4, 0.5) is 8.78 Å². The van der Waals surface area contributed by atoms with Crippen LogP contribution in [0.25, 0.3) is 11.0 Å². The Labute approximate surface area is 136 Å². The van der Waals surface area contributed by atoms with Gasteiger partial charge in [-0.1, -0.05) is 0 Å². The molecule has 2 nitrogen and oxygen atoms in total. The molecule has 0 radical (unpaired) electrons. The van der Waals surface area contributed by atoms with Crippen molar-refractivity contribution in [3.63, 3.8) is 0 Å². The van der Waals surface area contributed by atoms with Gasteiger partial charge in [0.1, 0.15) is 17.2 Å². The topological polar surface area (TPSA) is 30.2 Å². The second kappa shape index (κ2) is 6.16. The van der Waals surface area contributed by atoms with Crippen LogP contribution in [0.1, 0.15) is 16.7 Å². The monoisotopic (exact) mass is 332 g/mol. The lowest BCUT2D eigenvalue weighted by Gasteiger charge is -2.08. The Bertz CT molecular complexity index is 948. The Morgan fingerprint density at radius 2 is 1.78 bits per heavy atom. The first kappa shape index (κ1) is 15.7. The maximum atomic E-state index is 13.7. The van der Waals surface area contributed by atoms with Crippen molar-refractivity contribution in [2.45, 2.75) is 24.5 Å². The molecule has 0 N–H and O–H groups in total. The zero-order valence-electron chi connectivity index (χ0n) is 12.7. The predicted molar refractivity (Wildman–Crippen MR) is 87.9 cm³/mol. The molecule has 5 heteroatoms. The summed E-state index contributed by atoms with van der Waals surface area (Å²) in [5, 5.41) is 0.817. The maximum Gasteiger partial charge on any atom is 0.336 e. The normalized spacial score (nSPS) is 11.1. The molecule has 0 saturated carbocycles. The van der Waals surface area contributed by atoms with Crippen molar-refractivity contribution in [1.82, 2.24) is 0 Å². The number of hydrogen-bond donors (Lipinski definition) is 0. The van der Waals surface area contributed by atoms with Crippen molar-refractivity contribution >= 4 is 22.7 Å². The molecule has 0 fully saturated rings. The number of aryl methyl sites for hydroxylation is 2. The van der Waals surface area contributed by atoms with Gasteiger partial charge in [0.15, 0.2) is 0 Å². The fraction of sp³-hybridized carbons (Fsp3) is 0.167. The molecule has 0 saturated heterocycles. The minimum absolute atomic E-state index is 0.218. The Hall–Kier alpha value is -2.14. The van der Waals surface area contributed by atoms with Crippen LogP contribution in [0, 0.1) is 25.5 Å². The van der Waals surface area contributed by atoms with Gasteiger partial charge in [0.2, 0.25) is 0 Å². The van der Waals surface area contributed by atoms with Crippen LogP contribution >= 0.6 is 11.8 Å². The first-order valence-electron chi connectivity index (χ1n) is 7.06. The summed E-state index contributed by atoms with van der Waals surface area (Å²) in [6.07, 6.45) is 0. The molecule has 0 bridgehead atoms. The SMILES string of the molecule is Cc1cc2oc(=O)cc(CSc3cc(F)ccc3F)c2cc1C. The lowest BCUT2D eigenvalue weighted by Crippen LogP contribution is -2.01. The first-order valence-corrected chi connectivity index (χ1v) is 8.04. The highest BCUT2D eigenvalue weighted by Crippen LogP contribution is 2.29. The van der Waals surface area contributed by atoms with Crippen LogP contribution in [0.3, 0.4) is 0 Å². The summed E-state index contributed by atoms with van der Waals surface area (Å²) < 4.78 is 32.2. The Balaban J connectivity index is 2.01. The van der Waals surface area contributed by atoms with E-state index < -0.39 is 17.3 Å². The number of rotatable bonds is 3. The number of hydrogen-bond acceptors (Lipinski definition) is 3. The fourth-order valence-electron chi connectivity index (χ4n) is 2.35. The maximum absolute atomic E-state index is 13.7. The quantitative estimate of drug-likeness (QED) is 0.500. The molecule has 0 unspecified atom stereocenters. The van der Waals surface area contributed by atoms with Gasteiger partial charge >= 0.3 is 5.63 Å². The van der Waals surface area contributed by atoms with E-state index in [1.54, 1.807) is 0 Å². The third-order valence-electron chi connectivity index (χ3n) is 3.72. The molecule has 118 valence electrons. The van der Waals surface area contributed by atoms with E-state index in [-0.39, 0.29) is 4.90 Å². The first-order chi connectivity index (χ1) is 10.9. The molecule has 1 aromatic heterocycles.